The van der Waals surface area contributed by atoms with Gasteiger partial charge >= 0.3 is 6.09 Å². The van der Waals surface area contributed by atoms with E-state index < -0.39 is 6.09 Å². The molecular formula is C11H21NO4. The van der Waals surface area contributed by atoms with E-state index in [2.05, 4.69) is 10.1 Å². The zero-order valence-corrected chi connectivity index (χ0v) is 9.52. The molecule has 0 aromatic carbocycles. The maximum Gasteiger partial charge on any atom is 0.407 e. The molecule has 0 heterocycles. The number of hydrogen-bond donors (Lipinski definition) is 3. The molecule has 5 nitrogen and oxygen atoms in total. The Balaban J connectivity index is 2.21. The van der Waals surface area contributed by atoms with Crippen LogP contribution in [0.5, 0.6) is 0 Å². The molecule has 2 unspecified atom stereocenters. The predicted octanol–water partition coefficient (Wildman–Crippen LogP) is 0.504. The van der Waals surface area contributed by atoms with Crippen LogP contribution in [0.3, 0.4) is 0 Å². The number of ether oxygens (including phenoxy) is 1. The van der Waals surface area contributed by atoms with Crippen molar-refractivity contribution in [3.05, 3.63) is 0 Å². The lowest BCUT2D eigenvalue weighted by atomic mass is 9.80. The molecular weight excluding hydrogens is 210 g/mol. The zero-order chi connectivity index (χ0) is 11.8. The van der Waals surface area contributed by atoms with Crippen LogP contribution in [0.1, 0.15) is 25.7 Å². The molecule has 1 aliphatic rings. The van der Waals surface area contributed by atoms with Gasteiger partial charge in [0.1, 0.15) is 6.61 Å². The number of carbonyl (C=O) groups excluding carboxylic acids is 1. The molecule has 0 spiro atoms. The van der Waals surface area contributed by atoms with Crippen LogP contribution < -0.4 is 5.32 Å². The van der Waals surface area contributed by atoms with E-state index in [9.17, 15) is 9.90 Å². The second-order valence-corrected chi connectivity index (χ2v) is 4.23. The van der Waals surface area contributed by atoms with Crippen molar-refractivity contribution in [1.29, 1.82) is 0 Å². The van der Waals surface area contributed by atoms with Crippen LogP contribution in [-0.2, 0) is 4.74 Å². The maximum atomic E-state index is 11.1. The summed E-state index contributed by atoms with van der Waals surface area (Å²) in [6.45, 7) is 0.615. The van der Waals surface area contributed by atoms with Crippen molar-refractivity contribution in [2.24, 2.45) is 11.8 Å². The number of amides is 1. The van der Waals surface area contributed by atoms with Gasteiger partial charge in [-0.25, -0.2) is 4.79 Å². The fraction of sp³-hybridized carbons (Fsp3) is 0.909. The number of nitrogens with one attached hydrogen (secondary N) is 1. The maximum absolute atomic E-state index is 11.1. The highest BCUT2D eigenvalue weighted by Gasteiger charge is 2.24. The summed E-state index contributed by atoms with van der Waals surface area (Å²) in [7, 11) is 0. The van der Waals surface area contributed by atoms with Crippen molar-refractivity contribution in [3.8, 4) is 0 Å². The van der Waals surface area contributed by atoms with Gasteiger partial charge in [0.25, 0.3) is 0 Å². The molecule has 0 saturated heterocycles. The molecule has 1 rings (SSSR count). The second-order valence-electron chi connectivity index (χ2n) is 4.23. The van der Waals surface area contributed by atoms with Crippen molar-refractivity contribution in [2.75, 3.05) is 26.4 Å². The zero-order valence-electron chi connectivity index (χ0n) is 9.52. The number of alkyl carbamates (subject to hydrolysis) is 1. The Morgan fingerprint density at radius 1 is 1.25 bits per heavy atom. The average Bonchev–Trinajstić information content (AvgIpc) is 2.34. The summed E-state index contributed by atoms with van der Waals surface area (Å²) in [6, 6.07) is 0. The summed E-state index contributed by atoms with van der Waals surface area (Å²) in [6.07, 6.45) is 3.92. The summed E-state index contributed by atoms with van der Waals surface area (Å²) in [5.41, 5.74) is 0. The lowest BCUT2D eigenvalue weighted by molar-refractivity contribution is 0.107. The quantitative estimate of drug-likeness (QED) is 0.644. The standard InChI is InChI=1S/C11H21NO4/c13-5-6-16-11(15)12-7-9-3-1-2-4-10(9)8-14/h9-10,13-14H,1-8H2,(H,12,15). The first-order chi connectivity index (χ1) is 7.77. The van der Waals surface area contributed by atoms with Gasteiger partial charge in [-0.15, -0.1) is 0 Å². The van der Waals surface area contributed by atoms with Gasteiger partial charge in [0.15, 0.2) is 0 Å². The van der Waals surface area contributed by atoms with Gasteiger partial charge in [-0.05, 0) is 24.7 Å². The molecule has 1 aliphatic carbocycles. The highest BCUT2D eigenvalue weighted by atomic mass is 16.6. The van der Waals surface area contributed by atoms with E-state index >= 15 is 0 Å². The van der Waals surface area contributed by atoms with Crippen molar-refractivity contribution >= 4 is 6.09 Å². The molecule has 0 aliphatic heterocycles. The first-order valence-corrected chi connectivity index (χ1v) is 5.90. The molecule has 0 radical (unpaired) electrons. The molecule has 1 saturated carbocycles. The molecule has 94 valence electrons. The van der Waals surface area contributed by atoms with Gasteiger partial charge in [-0.3, -0.25) is 0 Å². The Labute approximate surface area is 95.8 Å². The van der Waals surface area contributed by atoms with Gasteiger partial charge in [-0.2, -0.15) is 0 Å². The number of aliphatic hydroxyl groups is 2. The second kappa shape index (κ2) is 7.46. The van der Waals surface area contributed by atoms with Crippen LogP contribution >= 0.6 is 0 Å². The van der Waals surface area contributed by atoms with E-state index in [1.807, 2.05) is 0 Å². The highest BCUT2D eigenvalue weighted by Crippen LogP contribution is 2.28. The van der Waals surface area contributed by atoms with Crippen LogP contribution in [0.25, 0.3) is 0 Å². The van der Waals surface area contributed by atoms with Crippen LogP contribution in [-0.4, -0.2) is 42.7 Å². The van der Waals surface area contributed by atoms with Crippen LogP contribution in [0, 0.1) is 11.8 Å². The van der Waals surface area contributed by atoms with Crippen LogP contribution in [0.15, 0.2) is 0 Å². The summed E-state index contributed by atoms with van der Waals surface area (Å²) < 4.78 is 4.69. The average molecular weight is 231 g/mol. The van der Waals surface area contributed by atoms with E-state index in [0.717, 1.165) is 25.7 Å². The topological polar surface area (TPSA) is 78.8 Å². The molecule has 2 atom stereocenters. The first-order valence-electron chi connectivity index (χ1n) is 5.90. The van der Waals surface area contributed by atoms with Gasteiger partial charge in [0.2, 0.25) is 0 Å². The van der Waals surface area contributed by atoms with E-state index in [1.54, 1.807) is 0 Å². The Morgan fingerprint density at radius 2 is 1.94 bits per heavy atom. The van der Waals surface area contributed by atoms with Crippen molar-refractivity contribution in [3.63, 3.8) is 0 Å². The molecule has 0 aromatic heterocycles. The largest absolute Gasteiger partial charge is 0.447 e. The lowest BCUT2D eigenvalue weighted by Gasteiger charge is -2.30. The predicted molar refractivity (Wildman–Crippen MR) is 59.0 cm³/mol. The minimum absolute atomic E-state index is 0.0277. The van der Waals surface area contributed by atoms with Crippen molar-refractivity contribution in [2.45, 2.75) is 25.7 Å². The third-order valence-corrected chi connectivity index (χ3v) is 3.13. The van der Waals surface area contributed by atoms with Gasteiger partial charge < -0.3 is 20.3 Å². The van der Waals surface area contributed by atoms with Gasteiger partial charge in [-0.1, -0.05) is 12.8 Å². The molecule has 3 N–H and O–H groups in total. The van der Waals surface area contributed by atoms with Crippen molar-refractivity contribution in [1.82, 2.24) is 5.32 Å². The highest BCUT2D eigenvalue weighted by molar-refractivity contribution is 5.67. The molecule has 0 aromatic rings. The summed E-state index contributed by atoms with van der Waals surface area (Å²) in [4.78, 5) is 11.1. The van der Waals surface area contributed by atoms with Crippen molar-refractivity contribution < 1.29 is 19.7 Å². The normalized spacial score (nSPS) is 25.1. The minimum atomic E-state index is -0.490. The number of aliphatic hydroxyl groups excluding tert-OH is 2. The first kappa shape index (κ1) is 13.3. The molecule has 1 fully saturated rings. The fourth-order valence-electron chi connectivity index (χ4n) is 2.20. The summed E-state index contributed by atoms with van der Waals surface area (Å²) in [5, 5.41) is 20.3. The molecule has 0 bridgehead atoms. The number of carbonyl (C=O) groups is 1. The van der Waals surface area contributed by atoms with Crippen LogP contribution in [0.2, 0.25) is 0 Å². The van der Waals surface area contributed by atoms with E-state index in [4.69, 9.17) is 5.11 Å². The molecule has 16 heavy (non-hydrogen) atoms. The smallest absolute Gasteiger partial charge is 0.407 e. The number of hydrogen-bond acceptors (Lipinski definition) is 4. The summed E-state index contributed by atoms with van der Waals surface area (Å²) in [5.74, 6) is 0.646. The third kappa shape index (κ3) is 4.37. The van der Waals surface area contributed by atoms with E-state index in [0.29, 0.717) is 18.4 Å². The SMILES string of the molecule is O=C(NCC1CCCCC1CO)OCCO. The monoisotopic (exact) mass is 231 g/mol. The van der Waals surface area contributed by atoms with Gasteiger partial charge in [0, 0.05) is 13.2 Å². The Bertz CT molecular complexity index is 210. The minimum Gasteiger partial charge on any atom is -0.447 e. The Morgan fingerprint density at radius 3 is 2.56 bits per heavy atom. The molecule has 1 amide bonds. The number of rotatable bonds is 5. The van der Waals surface area contributed by atoms with Gasteiger partial charge in [0.05, 0.1) is 6.61 Å². The molecule has 5 heteroatoms. The van der Waals surface area contributed by atoms with E-state index in [1.165, 1.54) is 0 Å². The lowest BCUT2D eigenvalue weighted by Crippen LogP contribution is -2.36. The van der Waals surface area contributed by atoms with Crippen LogP contribution in [0.4, 0.5) is 4.79 Å². The summed E-state index contributed by atoms with van der Waals surface area (Å²) >= 11 is 0. The third-order valence-electron chi connectivity index (χ3n) is 3.13. The van der Waals surface area contributed by atoms with E-state index in [-0.39, 0.29) is 19.8 Å². The Kier molecular flexibility index (Phi) is 6.18. The fourth-order valence-corrected chi connectivity index (χ4v) is 2.20. The Hall–Kier alpha value is -0.810.